The van der Waals surface area contributed by atoms with Crippen molar-refractivity contribution in [1.82, 2.24) is 15.0 Å². The number of hydrogen-bond acceptors (Lipinski definition) is 5. The maximum absolute atomic E-state index is 12.9. The van der Waals surface area contributed by atoms with E-state index < -0.39 is 5.91 Å². The van der Waals surface area contributed by atoms with Gasteiger partial charge in [-0.05, 0) is 43.3 Å². The Labute approximate surface area is 199 Å². The van der Waals surface area contributed by atoms with Gasteiger partial charge in [0.05, 0.1) is 16.5 Å². The number of benzene rings is 3. The average Bonchev–Trinajstić information content (AvgIpc) is 2.82. The van der Waals surface area contributed by atoms with E-state index in [0.717, 1.165) is 5.56 Å². The summed E-state index contributed by atoms with van der Waals surface area (Å²) in [6.45, 7) is 2.38. The Morgan fingerprint density at radius 2 is 1.82 bits per heavy atom. The summed E-state index contributed by atoms with van der Waals surface area (Å²) >= 11 is 12.1. The Kier molecular flexibility index (Phi) is 6.82. The van der Waals surface area contributed by atoms with Crippen molar-refractivity contribution in [3.63, 3.8) is 0 Å². The summed E-state index contributed by atoms with van der Waals surface area (Å²) in [7, 11) is 0. The van der Waals surface area contributed by atoms with Crippen LogP contribution in [0.5, 0.6) is 5.75 Å². The largest absolute Gasteiger partial charge is 0.488 e. The SMILES string of the molecule is CCn1c(NNC(=O)c2ccccc2OCc2ccc(Cl)cc2Cl)nc2ccccc2c1=O. The molecule has 0 saturated heterocycles. The van der Waals surface area contributed by atoms with Crippen LogP contribution in [0, 0.1) is 0 Å². The Hall–Kier alpha value is -3.55. The van der Waals surface area contributed by atoms with Gasteiger partial charge in [-0.15, -0.1) is 0 Å². The van der Waals surface area contributed by atoms with Gasteiger partial charge < -0.3 is 4.74 Å². The molecule has 4 aromatic rings. The highest BCUT2D eigenvalue weighted by Crippen LogP contribution is 2.24. The fourth-order valence-corrected chi connectivity index (χ4v) is 3.77. The summed E-state index contributed by atoms with van der Waals surface area (Å²) in [5.41, 5.74) is 6.77. The molecule has 0 radical (unpaired) electrons. The number of nitrogens with one attached hydrogen (secondary N) is 2. The Bertz CT molecular complexity index is 1390. The van der Waals surface area contributed by atoms with Crippen molar-refractivity contribution in [3.8, 4) is 5.75 Å². The predicted octanol–water partition coefficient (Wildman–Crippen LogP) is 5.06. The first-order valence-corrected chi connectivity index (χ1v) is 10.9. The summed E-state index contributed by atoms with van der Waals surface area (Å²) in [4.78, 5) is 30.1. The molecule has 1 amide bonds. The van der Waals surface area contributed by atoms with Crippen LogP contribution in [0.25, 0.3) is 10.9 Å². The lowest BCUT2D eigenvalue weighted by atomic mass is 10.2. The van der Waals surface area contributed by atoms with Crippen LogP contribution < -0.4 is 21.1 Å². The zero-order chi connectivity index (χ0) is 23.4. The first-order chi connectivity index (χ1) is 16.0. The van der Waals surface area contributed by atoms with Crippen molar-refractivity contribution < 1.29 is 9.53 Å². The highest BCUT2D eigenvalue weighted by molar-refractivity contribution is 6.35. The zero-order valence-electron chi connectivity index (χ0n) is 17.6. The Balaban J connectivity index is 1.52. The lowest BCUT2D eigenvalue weighted by Gasteiger charge is -2.15. The van der Waals surface area contributed by atoms with Gasteiger partial charge in [0.25, 0.3) is 11.5 Å². The molecule has 0 atom stereocenters. The molecule has 0 bridgehead atoms. The summed E-state index contributed by atoms with van der Waals surface area (Å²) in [6, 6.07) is 19.0. The maximum atomic E-state index is 12.9. The number of para-hydroxylation sites is 2. The van der Waals surface area contributed by atoms with E-state index in [1.165, 1.54) is 4.57 Å². The third-order valence-electron chi connectivity index (χ3n) is 5.00. The van der Waals surface area contributed by atoms with Crippen LogP contribution in [0.2, 0.25) is 10.0 Å². The molecule has 7 nitrogen and oxygen atoms in total. The summed E-state index contributed by atoms with van der Waals surface area (Å²) in [6.07, 6.45) is 0. The Morgan fingerprint density at radius 1 is 1.06 bits per heavy atom. The van der Waals surface area contributed by atoms with E-state index in [4.69, 9.17) is 27.9 Å². The van der Waals surface area contributed by atoms with Crippen LogP contribution in [0.3, 0.4) is 0 Å². The number of rotatable bonds is 7. The minimum atomic E-state index is -0.446. The van der Waals surface area contributed by atoms with Crippen LogP contribution in [0.1, 0.15) is 22.8 Å². The van der Waals surface area contributed by atoms with E-state index >= 15 is 0 Å². The van der Waals surface area contributed by atoms with Gasteiger partial charge in [0, 0.05) is 22.2 Å². The smallest absolute Gasteiger partial charge is 0.273 e. The van der Waals surface area contributed by atoms with Crippen molar-refractivity contribution in [2.75, 3.05) is 5.43 Å². The van der Waals surface area contributed by atoms with Crippen LogP contribution in [0.15, 0.2) is 71.5 Å². The molecule has 4 rings (SSSR count). The van der Waals surface area contributed by atoms with Gasteiger partial charge >= 0.3 is 0 Å². The topological polar surface area (TPSA) is 85.2 Å². The van der Waals surface area contributed by atoms with E-state index in [-0.39, 0.29) is 18.1 Å². The molecule has 0 aliphatic heterocycles. The average molecular weight is 483 g/mol. The summed E-state index contributed by atoms with van der Waals surface area (Å²) < 4.78 is 7.30. The molecule has 0 unspecified atom stereocenters. The monoisotopic (exact) mass is 482 g/mol. The number of fused-ring (bicyclic) bond motifs is 1. The fourth-order valence-electron chi connectivity index (χ4n) is 3.31. The molecule has 0 fully saturated rings. The molecule has 0 aliphatic carbocycles. The fraction of sp³-hybridized carbons (Fsp3) is 0.125. The van der Waals surface area contributed by atoms with Crippen LogP contribution in [-0.4, -0.2) is 15.5 Å². The van der Waals surface area contributed by atoms with E-state index in [9.17, 15) is 9.59 Å². The molecular weight excluding hydrogens is 463 g/mol. The number of ether oxygens (including phenoxy) is 1. The van der Waals surface area contributed by atoms with Crippen LogP contribution in [-0.2, 0) is 13.2 Å². The first-order valence-electron chi connectivity index (χ1n) is 10.2. The quantitative estimate of drug-likeness (QED) is 0.359. The maximum Gasteiger partial charge on any atom is 0.273 e. The third kappa shape index (κ3) is 4.94. The molecule has 2 N–H and O–H groups in total. The van der Waals surface area contributed by atoms with Crippen molar-refractivity contribution >= 4 is 46.0 Å². The second-order valence-electron chi connectivity index (χ2n) is 7.10. The highest BCUT2D eigenvalue weighted by atomic mass is 35.5. The van der Waals surface area contributed by atoms with Crippen molar-refractivity contribution in [2.45, 2.75) is 20.1 Å². The summed E-state index contributed by atoms with van der Waals surface area (Å²) in [5.74, 6) is 0.168. The van der Waals surface area contributed by atoms with Gasteiger partial charge in [-0.25, -0.2) is 4.98 Å². The number of carbonyl (C=O) groups is 1. The standard InChI is InChI=1S/C24H20Cl2N4O3/c1-2-30-23(32)17-7-3-5-9-20(17)27-24(30)29-28-22(31)18-8-4-6-10-21(18)33-14-15-11-12-16(25)13-19(15)26/h3-13H,2,14H2,1H3,(H,27,29)(H,28,31). The van der Waals surface area contributed by atoms with Crippen LogP contribution >= 0.6 is 23.2 Å². The molecule has 168 valence electrons. The van der Waals surface area contributed by atoms with E-state index in [1.54, 1.807) is 66.7 Å². The normalized spacial score (nSPS) is 10.8. The van der Waals surface area contributed by atoms with E-state index in [2.05, 4.69) is 15.8 Å². The zero-order valence-corrected chi connectivity index (χ0v) is 19.2. The Morgan fingerprint density at radius 3 is 2.61 bits per heavy atom. The van der Waals surface area contributed by atoms with Gasteiger partial charge in [-0.2, -0.15) is 0 Å². The molecule has 3 aromatic carbocycles. The predicted molar refractivity (Wildman–Crippen MR) is 130 cm³/mol. The lowest BCUT2D eigenvalue weighted by Crippen LogP contribution is -2.34. The number of carbonyl (C=O) groups excluding carboxylic acids is 1. The van der Waals surface area contributed by atoms with Crippen molar-refractivity contribution in [2.24, 2.45) is 0 Å². The number of nitrogens with zero attached hydrogens (tertiary/aromatic N) is 2. The number of aromatic nitrogens is 2. The second kappa shape index (κ2) is 9.94. The first kappa shape index (κ1) is 22.6. The van der Waals surface area contributed by atoms with Gasteiger partial charge in [0.2, 0.25) is 5.95 Å². The number of amides is 1. The molecule has 0 aliphatic rings. The number of hydrazine groups is 1. The van der Waals surface area contributed by atoms with Gasteiger partial charge in [0.15, 0.2) is 0 Å². The molecule has 1 heterocycles. The molecule has 9 heteroatoms. The van der Waals surface area contributed by atoms with Crippen molar-refractivity contribution in [1.29, 1.82) is 0 Å². The second-order valence-corrected chi connectivity index (χ2v) is 7.95. The summed E-state index contributed by atoms with van der Waals surface area (Å²) in [5, 5.41) is 1.52. The van der Waals surface area contributed by atoms with E-state index in [1.807, 2.05) is 6.92 Å². The minimum Gasteiger partial charge on any atom is -0.488 e. The molecule has 0 spiro atoms. The molecule has 1 aromatic heterocycles. The minimum absolute atomic E-state index is 0.162. The number of anilines is 1. The van der Waals surface area contributed by atoms with Gasteiger partial charge in [0.1, 0.15) is 12.4 Å². The molecule has 33 heavy (non-hydrogen) atoms. The lowest BCUT2D eigenvalue weighted by molar-refractivity contribution is 0.0957. The van der Waals surface area contributed by atoms with Crippen molar-refractivity contribution in [3.05, 3.63) is 98.3 Å². The molecular formula is C24H20Cl2N4O3. The van der Waals surface area contributed by atoms with Gasteiger partial charge in [-0.3, -0.25) is 25.0 Å². The number of halogens is 2. The third-order valence-corrected chi connectivity index (χ3v) is 5.58. The van der Waals surface area contributed by atoms with Gasteiger partial charge in [-0.1, -0.05) is 53.5 Å². The van der Waals surface area contributed by atoms with E-state index in [0.29, 0.717) is 38.8 Å². The highest BCUT2D eigenvalue weighted by Gasteiger charge is 2.15. The number of hydrogen-bond donors (Lipinski definition) is 2. The molecule has 0 saturated carbocycles. The van der Waals surface area contributed by atoms with Crippen LogP contribution in [0.4, 0.5) is 5.95 Å².